The van der Waals surface area contributed by atoms with Gasteiger partial charge in [-0.1, -0.05) is 0 Å². The molecule has 70 valence electrons. The Balaban J connectivity index is 2.40. The van der Waals surface area contributed by atoms with Gasteiger partial charge in [0, 0.05) is 6.04 Å². The lowest BCUT2D eigenvalue weighted by atomic mass is 10.1. The smallest absolute Gasteiger partial charge is 0.334 e. The van der Waals surface area contributed by atoms with Gasteiger partial charge in [-0.25, -0.2) is 4.79 Å². The Kier molecular flexibility index (Phi) is 3.05. The van der Waals surface area contributed by atoms with Crippen molar-refractivity contribution in [1.82, 2.24) is 0 Å². The molecule has 1 aliphatic heterocycles. The molecule has 0 saturated carbocycles. The third-order valence-electron chi connectivity index (χ3n) is 2.10. The first-order valence-corrected chi connectivity index (χ1v) is 4.14. The van der Waals surface area contributed by atoms with Gasteiger partial charge >= 0.3 is 5.97 Å². The molecule has 0 amide bonds. The second-order valence-corrected chi connectivity index (χ2v) is 3.12. The number of ether oxygens (including phenoxy) is 2. The summed E-state index contributed by atoms with van der Waals surface area (Å²) >= 11 is 0. The maximum Gasteiger partial charge on any atom is 0.334 e. The van der Waals surface area contributed by atoms with Gasteiger partial charge in [0.15, 0.2) is 6.10 Å². The van der Waals surface area contributed by atoms with Crippen LogP contribution in [0.1, 0.15) is 19.8 Å². The average Bonchev–Trinajstić information content (AvgIpc) is 2.51. The molecule has 0 unspecified atom stereocenters. The van der Waals surface area contributed by atoms with Crippen molar-refractivity contribution in [1.29, 1.82) is 0 Å². The minimum absolute atomic E-state index is 0.00843. The first-order chi connectivity index (χ1) is 5.65. The monoisotopic (exact) mass is 173 g/mol. The van der Waals surface area contributed by atoms with Gasteiger partial charge in [0.1, 0.15) is 0 Å². The first-order valence-electron chi connectivity index (χ1n) is 4.14. The molecular weight excluding hydrogens is 158 g/mol. The topological polar surface area (TPSA) is 61.5 Å². The number of esters is 1. The van der Waals surface area contributed by atoms with Crippen molar-refractivity contribution in [2.45, 2.75) is 38.0 Å². The molecule has 0 spiro atoms. The first kappa shape index (κ1) is 9.48. The molecular formula is C8H15NO3. The lowest BCUT2D eigenvalue weighted by molar-refractivity contribution is -0.153. The molecule has 1 heterocycles. The van der Waals surface area contributed by atoms with Crippen molar-refractivity contribution >= 4 is 5.97 Å². The molecule has 2 N–H and O–H groups in total. The van der Waals surface area contributed by atoms with Crippen LogP contribution in [-0.4, -0.2) is 31.3 Å². The Morgan fingerprint density at radius 2 is 2.33 bits per heavy atom. The Morgan fingerprint density at radius 3 is 2.75 bits per heavy atom. The molecule has 1 aliphatic rings. The summed E-state index contributed by atoms with van der Waals surface area (Å²) in [7, 11) is 1.37. The lowest BCUT2D eigenvalue weighted by Gasteiger charge is -2.14. The van der Waals surface area contributed by atoms with Crippen molar-refractivity contribution in [2.24, 2.45) is 5.73 Å². The fourth-order valence-electron chi connectivity index (χ4n) is 1.35. The highest BCUT2D eigenvalue weighted by Gasteiger charge is 2.32. The summed E-state index contributed by atoms with van der Waals surface area (Å²) < 4.78 is 9.93. The number of methoxy groups -OCH3 is 1. The molecule has 0 bridgehead atoms. The molecule has 0 aliphatic carbocycles. The van der Waals surface area contributed by atoms with Crippen LogP contribution in [-0.2, 0) is 14.3 Å². The Bertz CT molecular complexity index is 170. The average molecular weight is 173 g/mol. The van der Waals surface area contributed by atoms with Gasteiger partial charge in [-0.2, -0.15) is 0 Å². The van der Waals surface area contributed by atoms with Gasteiger partial charge in [-0.05, 0) is 19.8 Å². The number of carbonyl (C=O) groups is 1. The Morgan fingerprint density at radius 1 is 1.67 bits per heavy atom. The van der Waals surface area contributed by atoms with E-state index in [-0.39, 0.29) is 18.1 Å². The Hall–Kier alpha value is -0.610. The van der Waals surface area contributed by atoms with E-state index < -0.39 is 6.10 Å². The third kappa shape index (κ3) is 1.95. The summed E-state index contributed by atoms with van der Waals surface area (Å²) in [6.45, 7) is 1.88. The molecule has 1 saturated heterocycles. The molecule has 0 radical (unpaired) electrons. The van der Waals surface area contributed by atoms with Crippen LogP contribution in [0.4, 0.5) is 0 Å². The molecule has 0 aromatic rings. The summed E-state index contributed by atoms with van der Waals surface area (Å²) in [5, 5.41) is 0. The fraction of sp³-hybridized carbons (Fsp3) is 0.875. The maximum absolute atomic E-state index is 11.0. The summed E-state index contributed by atoms with van der Waals surface area (Å²) in [4.78, 5) is 11.0. The summed E-state index contributed by atoms with van der Waals surface area (Å²) in [5.41, 5.74) is 5.62. The van der Waals surface area contributed by atoms with E-state index in [0.717, 1.165) is 12.8 Å². The summed E-state index contributed by atoms with van der Waals surface area (Å²) in [5.74, 6) is -0.293. The van der Waals surface area contributed by atoms with Crippen LogP contribution >= 0.6 is 0 Å². The van der Waals surface area contributed by atoms with Gasteiger partial charge in [-0.3, -0.25) is 0 Å². The second-order valence-electron chi connectivity index (χ2n) is 3.12. The molecule has 4 heteroatoms. The number of carbonyl (C=O) groups excluding carboxylic acids is 1. The predicted molar refractivity (Wildman–Crippen MR) is 43.6 cm³/mol. The van der Waals surface area contributed by atoms with Crippen molar-refractivity contribution in [3.63, 3.8) is 0 Å². The van der Waals surface area contributed by atoms with Crippen molar-refractivity contribution in [3.8, 4) is 0 Å². The van der Waals surface area contributed by atoms with E-state index in [1.807, 2.05) is 6.92 Å². The molecule has 1 fully saturated rings. The second kappa shape index (κ2) is 3.87. The van der Waals surface area contributed by atoms with Crippen LogP contribution in [0.15, 0.2) is 0 Å². The van der Waals surface area contributed by atoms with E-state index >= 15 is 0 Å². The molecule has 12 heavy (non-hydrogen) atoms. The molecule has 1 rings (SSSR count). The number of nitrogens with two attached hydrogens (primary N) is 1. The highest BCUT2D eigenvalue weighted by molar-refractivity contribution is 5.74. The van der Waals surface area contributed by atoms with Crippen molar-refractivity contribution in [3.05, 3.63) is 0 Å². The van der Waals surface area contributed by atoms with Crippen molar-refractivity contribution in [2.75, 3.05) is 7.11 Å². The van der Waals surface area contributed by atoms with Crippen LogP contribution < -0.4 is 5.73 Å². The third-order valence-corrected chi connectivity index (χ3v) is 2.10. The van der Waals surface area contributed by atoms with Gasteiger partial charge < -0.3 is 15.2 Å². The zero-order valence-electron chi connectivity index (χ0n) is 7.45. The van der Waals surface area contributed by atoms with Gasteiger partial charge in [0.05, 0.1) is 13.2 Å². The van der Waals surface area contributed by atoms with Crippen LogP contribution in [0.25, 0.3) is 0 Å². The van der Waals surface area contributed by atoms with E-state index in [9.17, 15) is 4.79 Å². The zero-order valence-corrected chi connectivity index (χ0v) is 7.45. The standard InChI is InChI=1S/C8H15NO3/c1-5(9)6-3-4-7(12-6)8(10)11-2/h5-7H,3-4,9H2,1-2H3/t5-,6-,7+/m0/s1. The quantitative estimate of drug-likeness (QED) is 0.599. The maximum atomic E-state index is 11.0. The van der Waals surface area contributed by atoms with Gasteiger partial charge in [0.25, 0.3) is 0 Å². The molecule has 3 atom stereocenters. The minimum atomic E-state index is -0.397. The normalized spacial score (nSPS) is 31.6. The van der Waals surface area contributed by atoms with E-state index in [1.54, 1.807) is 0 Å². The van der Waals surface area contributed by atoms with Gasteiger partial charge in [-0.15, -0.1) is 0 Å². The van der Waals surface area contributed by atoms with E-state index in [1.165, 1.54) is 7.11 Å². The van der Waals surface area contributed by atoms with E-state index in [2.05, 4.69) is 4.74 Å². The number of hydrogen-bond acceptors (Lipinski definition) is 4. The van der Waals surface area contributed by atoms with E-state index in [0.29, 0.717) is 0 Å². The molecule has 0 aromatic carbocycles. The zero-order chi connectivity index (χ0) is 9.14. The highest BCUT2D eigenvalue weighted by atomic mass is 16.6. The SMILES string of the molecule is COC(=O)[C@H]1CC[C@@H]([C@H](C)N)O1. The molecule has 0 aromatic heterocycles. The summed E-state index contributed by atoms with van der Waals surface area (Å²) in [6.07, 6.45) is 1.18. The van der Waals surface area contributed by atoms with Gasteiger partial charge in [0.2, 0.25) is 0 Å². The summed E-state index contributed by atoms with van der Waals surface area (Å²) in [6, 6.07) is -0.0142. The minimum Gasteiger partial charge on any atom is -0.467 e. The van der Waals surface area contributed by atoms with Crippen LogP contribution in [0.2, 0.25) is 0 Å². The van der Waals surface area contributed by atoms with Crippen molar-refractivity contribution < 1.29 is 14.3 Å². The lowest BCUT2D eigenvalue weighted by Crippen LogP contribution is -2.33. The van der Waals surface area contributed by atoms with Crippen LogP contribution in [0.5, 0.6) is 0 Å². The number of hydrogen-bond donors (Lipinski definition) is 1. The predicted octanol–water partition coefficient (Wildman–Crippen LogP) is 0.0542. The fourth-order valence-corrected chi connectivity index (χ4v) is 1.35. The molecule has 4 nitrogen and oxygen atoms in total. The van der Waals surface area contributed by atoms with E-state index in [4.69, 9.17) is 10.5 Å². The Labute approximate surface area is 72.0 Å². The number of rotatable bonds is 2. The van der Waals surface area contributed by atoms with Crippen LogP contribution in [0.3, 0.4) is 0 Å². The highest BCUT2D eigenvalue weighted by Crippen LogP contribution is 2.21. The largest absolute Gasteiger partial charge is 0.467 e. The van der Waals surface area contributed by atoms with Crippen LogP contribution in [0, 0.1) is 0 Å².